The maximum atomic E-state index is 13.7. The molecule has 1 heterocycles. The summed E-state index contributed by atoms with van der Waals surface area (Å²) < 4.78 is 23.6. The summed E-state index contributed by atoms with van der Waals surface area (Å²) in [5.41, 5.74) is 1.06. The number of benzene rings is 2. The summed E-state index contributed by atoms with van der Waals surface area (Å²) >= 11 is 0. The maximum Gasteiger partial charge on any atom is 0.311 e. The third-order valence-corrected chi connectivity index (χ3v) is 5.06. The minimum atomic E-state index is -0.670. The molecule has 0 saturated carbocycles. The largest absolute Gasteiger partial charge is 0.494 e. The van der Waals surface area contributed by atoms with Gasteiger partial charge < -0.3 is 14.4 Å². The number of nitrogens with zero attached hydrogens (tertiary/aromatic N) is 1. The van der Waals surface area contributed by atoms with Gasteiger partial charge in [-0.05, 0) is 30.7 Å². The van der Waals surface area contributed by atoms with E-state index in [1.165, 1.54) is 19.2 Å². The van der Waals surface area contributed by atoms with Crippen molar-refractivity contribution in [3.8, 4) is 5.75 Å². The molecule has 1 amide bonds. The Morgan fingerprint density at radius 2 is 1.93 bits per heavy atom. The van der Waals surface area contributed by atoms with Crippen LogP contribution in [0.5, 0.6) is 5.75 Å². The monoisotopic (exact) mass is 399 g/mol. The molecule has 2 aromatic carbocycles. The number of hydrogen-bond donors (Lipinski definition) is 0. The topological polar surface area (TPSA) is 72.9 Å². The Labute approximate surface area is 168 Å². The van der Waals surface area contributed by atoms with Crippen molar-refractivity contribution in [1.82, 2.24) is 4.90 Å². The minimum absolute atomic E-state index is 0.0237. The summed E-state index contributed by atoms with van der Waals surface area (Å²) in [7, 11) is 1.33. The number of rotatable bonds is 7. The second-order valence-corrected chi connectivity index (χ2v) is 6.91. The van der Waals surface area contributed by atoms with Gasteiger partial charge >= 0.3 is 5.97 Å². The number of ketones is 1. The van der Waals surface area contributed by atoms with Crippen LogP contribution in [0.25, 0.3) is 0 Å². The van der Waals surface area contributed by atoms with Crippen LogP contribution in [0.15, 0.2) is 48.5 Å². The van der Waals surface area contributed by atoms with E-state index in [4.69, 9.17) is 9.47 Å². The lowest BCUT2D eigenvalue weighted by atomic mass is 10.1. The molecule has 3 rings (SSSR count). The van der Waals surface area contributed by atoms with E-state index in [9.17, 15) is 18.8 Å². The summed E-state index contributed by atoms with van der Waals surface area (Å²) in [5, 5.41) is 0. The van der Waals surface area contributed by atoms with E-state index in [1.807, 2.05) is 37.3 Å². The van der Waals surface area contributed by atoms with Crippen LogP contribution >= 0.6 is 0 Å². The minimum Gasteiger partial charge on any atom is -0.494 e. The molecule has 0 N–H and O–H groups in total. The molecule has 0 unspecified atom stereocenters. The zero-order valence-electron chi connectivity index (χ0n) is 16.3. The fraction of sp³-hybridized carbons (Fsp3) is 0.318. The first-order chi connectivity index (χ1) is 13.9. The summed E-state index contributed by atoms with van der Waals surface area (Å²) in [6.07, 6.45) is 0.0430. The van der Waals surface area contributed by atoms with E-state index in [2.05, 4.69) is 0 Å². The van der Waals surface area contributed by atoms with Gasteiger partial charge in [-0.25, -0.2) is 4.39 Å². The zero-order chi connectivity index (χ0) is 21.0. The van der Waals surface area contributed by atoms with Gasteiger partial charge in [-0.2, -0.15) is 0 Å². The molecule has 1 aliphatic rings. The molecule has 0 spiro atoms. The van der Waals surface area contributed by atoms with Gasteiger partial charge in [0.2, 0.25) is 5.91 Å². The smallest absolute Gasteiger partial charge is 0.311 e. The molecule has 1 fully saturated rings. The van der Waals surface area contributed by atoms with Crippen molar-refractivity contribution in [1.29, 1.82) is 0 Å². The second-order valence-electron chi connectivity index (χ2n) is 6.91. The summed E-state index contributed by atoms with van der Waals surface area (Å²) in [6, 6.07) is 13.2. The Bertz CT molecular complexity index is 915. The van der Waals surface area contributed by atoms with Crippen LogP contribution < -0.4 is 4.74 Å². The van der Waals surface area contributed by atoms with E-state index in [0.717, 1.165) is 11.6 Å². The standard InChI is InChI=1S/C22H22FNO5/c1-14(15-6-4-3-5-7-15)24-12-17(11-21(24)26)22(27)29-13-19(25)16-8-9-20(28-2)18(23)10-16/h3-10,14,17H,11-13H2,1-2H3/t14-,17+/m1/s1. The van der Waals surface area contributed by atoms with Crippen LogP contribution in [0.2, 0.25) is 0 Å². The number of carbonyl (C=O) groups excluding carboxylic acids is 3. The maximum absolute atomic E-state index is 13.7. The molecule has 2 aromatic rings. The van der Waals surface area contributed by atoms with E-state index in [-0.39, 0.29) is 36.2 Å². The van der Waals surface area contributed by atoms with Crippen LogP contribution in [0.3, 0.4) is 0 Å². The molecule has 2 atom stereocenters. The molecule has 1 saturated heterocycles. The molecular formula is C22H22FNO5. The highest BCUT2D eigenvalue weighted by atomic mass is 19.1. The van der Waals surface area contributed by atoms with Crippen molar-refractivity contribution >= 4 is 17.7 Å². The molecule has 7 heteroatoms. The number of esters is 1. The number of carbonyl (C=O) groups is 3. The number of halogens is 1. The summed E-state index contributed by atoms with van der Waals surface area (Å²) in [4.78, 5) is 38.5. The van der Waals surface area contributed by atoms with Crippen LogP contribution in [0, 0.1) is 11.7 Å². The van der Waals surface area contributed by atoms with Gasteiger partial charge in [-0.3, -0.25) is 14.4 Å². The van der Waals surface area contributed by atoms with Crippen LogP contribution in [-0.2, 0) is 14.3 Å². The Hall–Kier alpha value is -3.22. The van der Waals surface area contributed by atoms with Gasteiger partial charge in [0, 0.05) is 18.5 Å². The lowest BCUT2D eigenvalue weighted by Crippen LogP contribution is -2.30. The third-order valence-electron chi connectivity index (χ3n) is 5.06. The van der Waals surface area contributed by atoms with Gasteiger partial charge in [0.05, 0.1) is 19.1 Å². The fourth-order valence-electron chi connectivity index (χ4n) is 3.35. The van der Waals surface area contributed by atoms with Crippen molar-refractivity contribution < 1.29 is 28.2 Å². The van der Waals surface area contributed by atoms with Crippen molar-refractivity contribution in [3.63, 3.8) is 0 Å². The van der Waals surface area contributed by atoms with E-state index in [0.29, 0.717) is 0 Å². The average Bonchev–Trinajstić information content (AvgIpc) is 3.13. The zero-order valence-corrected chi connectivity index (χ0v) is 16.3. The molecule has 152 valence electrons. The first-order valence-electron chi connectivity index (χ1n) is 9.28. The van der Waals surface area contributed by atoms with Crippen molar-refractivity contribution in [2.75, 3.05) is 20.3 Å². The molecule has 29 heavy (non-hydrogen) atoms. The number of likely N-dealkylation sites (tertiary alicyclic amines) is 1. The van der Waals surface area contributed by atoms with Gasteiger partial charge in [0.1, 0.15) is 0 Å². The van der Waals surface area contributed by atoms with Gasteiger partial charge in [-0.15, -0.1) is 0 Å². The third kappa shape index (κ3) is 4.62. The molecule has 0 aliphatic carbocycles. The molecular weight excluding hydrogens is 377 g/mol. The Morgan fingerprint density at radius 3 is 2.59 bits per heavy atom. The quantitative estimate of drug-likeness (QED) is 0.528. The highest BCUT2D eigenvalue weighted by Crippen LogP contribution is 2.29. The predicted octanol–water partition coefficient (Wildman–Crippen LogP) is 3.17. The van der Waals surface area contributed by atoms with Crippen LogP contribution in [0.1, 0.15) is 35.3 Å². The lowest BCUT2D eigenvalue weighted by molar-refractivity contribution is -0.147. The first-order valence-corrected chi connectivity index (χ1v) is 9.28. The second kappa shape index (κ2) is 8.86. The molecule has 6 nitrogen and oxygen atoms in total. The molecule has 0 bridgehead atoms. The number of hydrogen-bond acceptors (Lipinski definition) is 5. The number of methoxy groups -OCH3 is 1. The van der Waals surface area contributed by atoms with E-state index in [1.54, 1.807) is 4.90 Å². The average molecular weight is 399 g/mol. The van der Waals surface area contributed by atoms with Crippen molar-refractivity contribution in [3.05, 3.63) is 65.5 Å². The van der Waals surface area contributed by atoms with E-state index >= 15 is 0 Å². The van der Waals surface area contributed by atoms with E-state index < -0.39 is 30.1 Å². The normalized spacial score (nSPS) is 17.1. The van der Waals surface area contributed by atoms with Gasteiger partial charge in [0.15, 0.2) is 24.0 Å². The van der Waals surface area contributed by atoms with Crippen molar-refractivity contribution in [2.24, 2.45) is 5.92 Å². The number of Topliss-reactive ketones (excluding diaryl/α,β-unsaturated/α-hetero) is 1. The molecule has 0 radical (unpaired) electrons. The summed E-state index contributed by atoms with van der Waals surface area (Å²) in [5.74, 6) is -2.55. The summed E-state index contributed by atoms with van der Waals surface area (Å²) in [6.45, 7) is 1.63. The van der Waals surface area contributed by atoms with Gasteiger partial charge in [0.25, 0.3) is 0 Å². The Kier molecular flexibility index (Phi) is 6.26. The van der Waals surface area contributed by atoms with Crippen molar-refractivity contribution in [2.45, 2.75) is 19.4 Å². The molecule has 1 aliphatic heterocycles. The highest BCUT2D eigenvalue weighted by Gasteiger charge is 2.38. The Morgan fingerprint density at radius 1 is 1.21 bits per heavy atom. The Balaban J connectivity index is 1.57. The highest BCUT2D eigenvalue weighted by molar-refractivity contribution is 5.98. The van der Waals surface area contributed by atoms with Gasteiger partial charge in [-0.1, -0.05) is 30.3 Å². The lowest BCUT2D eigenvalue weighted by Gasteiger charge is -2.25. The number of ether oxygens (including phenoxy) is 2. The number of amides is 1. The SMILES string of the molecule is COc1ccc(C(=O)COC(=O)[C@H]2CC(=O)N([C@H](C)c3ccccc3)C2)cc1F. The van der Waals surface area contributed by atoms with Crippen LogP contribution in [0.4, 0.5) is 4.39 Å². The fourth-order valence-corrected chi connectivity index (χ4v) is 3.35. The molecule has 0 aromatic heterocycles. The first kappa shape index (κ1) is 20.5. The van der Waals surface area contributed by atoms with Crippen LogP contribution in [-0.4, -0.2) is 42.8 Å². The predicted molar refractivity (Wildman–Crippen MR) is 103 cm³/mol.